The first-order valence-electron chi connectivity index (χ1n) is 11.1. The van der Waals surface area contributed by atoms with Gasteiger partial charge in [-0.15, -0.1) is 0 Å². The molecular weight excluding hydrogens is 458 g/mol. The van der Waals surface area contributed by atoms with Gasteiger partial charge in [-0.3, -0.25) is 14.4 Å². The van der Waals surface area contributed by atoms with Crippen molar-refractivity contribution in [1.82, 2.24) is 15.5 Å². The van der Waals surface area contributed by atoms with E-state index in [4.69, 9.17) is 21.1 Å². The van der Waals surface area contributed by atoms with Crippen LogP contribution in [0.5, 0.6) is 11.5 Å². The number of nitrogens with one attached hydrogen (secondary N) is 2. The summed E-state index contributed by atoms with van der Waals surface area (Å²) in [6.07, 6.45) is 1.53. The number of piperidine rings is 1. The fraction of sp³-hybridized carbons (Fsp3) is 0.400. The summed E-state index contributed by atoms with van der Waals surface area (Å²) in [5, 5.41) is 6.36. The third kappa shape index (κ3) is 6.63. The molecule has 0 spiro atoms. The Morgan fingerprint density at radius 1 is 1.06 bits per heavy atom. The molecule has 3 rings (SSSR count). The van der Waals surface area contributed by atoms with E-state index < -0.39 is 6.04 Å². The van der Waals surface area contributed by atoms with Gasteiger partial charge in [0.2, 0.25) is 11.8 Å². The van der Waals surface area contributed by atoms with Crippen molar-refractivity contribution >= 4 is 29.3 Å². The second kappa shape index (κ2) is 11.7. The van der Waals surface area contributed by atoms with Crippen LogP contribution in [0.1, 0.15) is 35.7 Å². The van der Waals surface area contributed by atoms with Crippen LogP contribution >= 0.6 is 11.6 Å². The van der Waals surface area contributed by atoms with Gasteiger partial charge in [-0.25, -0.2) is 0 Å². The fourth-order valence-electron chi connectivity index (χ4n) is 4.00. The van der Waals surface area contributed by atoms with E-state index in [1.54, 1.807) is 55.5 Å². The van der Waals surface area contributed by atoms with Crippen LogP contribution < -0.4 is 20.1 Å². The molecule has 1 heterocycles. The number of hydrogen-bond acceptors (Lipinski definition) is 5. The van der Waals surface area contributed by atoms with Gasteiger partial charge in [0.1, 0.15) is 17.5 Å². The lowest BCUT2D eigenvalue weighted by Gasteiger charge is -2.33. The number of likely N-dealkylation sites (tertiary alicyclic amines) is 1. The largest absolute Gasteiger partial charge is 0.497 e. The predicted molar refractivity (Wildman–Crippen MR) is 129 cm³/mol. The number of rotatable bonds is 8. The van der Waals surface area contributed by atoms with Crippen LogP contribution in [0.3, 0.4) is 0 Å². The third-order valence-corrected chi connectivity index (χ3v) is 6.08. The molecule has 0 aromatic heterocycles. The summed E-state index contributed by atoms with van der Waals surface area (Å²) in [7, 11) is 3.11. The molecular formula is C25H30ClN3O5. The standard InChI is InChI=1S/C25H30ClN3O5/c1-16(30)27-22(14-18-6-9-21(33-2)15-23(18)34-3)24(31)28-20-10-12-29(13-11-20)25(32)17-4-7-19(26)8-5-17/h4-9,15,20,22H,10-14H2,1-3H3,(H,27,30)(H,28,31)/t22-/m1/s1. The molecule has 3 amide bonds. The van der Waals surface area contributed by atoms with Gasteiger partial charge in [-0.1, -0.05) is 17.7 Å². The molecule has 0 saturated carbocycles. The Balaban J connectivity index is 1.60. The highest BCUT2D eigenvalue weighted by Crippen LogP contribution is 2.26. The lowest BCUT2D eigenvalue weighted by molar-refractivity contribution is -0.128. The molecule has 2 aromatic rings. The van der Waals surface area contributed by atoms with Gasteiger partial charge in [0.25, 0.3) is 5.91 Å². The fourth-order valence-corrected chi connectivity index (χ4v) is 4.12. The normalized spacial score (nSPS) is 14.8. The van der Waals surface area contributed by atoms with Gasteiger partial charge in [-0.2, -0.15) is 0 Å². The van der Waals surface area contributed by atoms with Gasteiger partial charge in [0.15, 0.2) is 0 Å². The highest BCUT2D eigenvalue weighted by atomic mass is 35.5. The first-order chi connectivity index (χ1) is 16.3. The number of halogens is 1. The van der Waals surface area contributed by atoms with Gasteiger partial charge >= 0.3 is 0 Å². The van der Waals surface area contributed by atoms with Crippen LogP contribution in [-0.2, 0) is 16.0 Å². The monoisotopic (exact) mass is 487 g/mol. The smallest absolute Gasteiger partial charge is 0.253 e. The average molecular weight is 488 g/mol. The Labute approximate surface area is 204 Å². The van der Waals surface area contributed by atoms with Crippen molar-refractivity contribution in [3.8, 4) is 11.5 Å². The molecule has 0 aliphatic carbocycles. The second-order valence-corrected chi connectivity index (χ2v) is 8.65. The van der Waals surface area contributed by atoms with E-state index in [1.807, 2.05) is 6.07 Å². The van der Waals surface area contributed by atoms with Crippen molar-refractivity contribution in [2.45, 2.75) is 38.3 Å². The minimum atomic E-state index is -0.756. The number of carbonyl (C=O) groups excluding carboxylic acids is 3. The SMILES string of the molecule is COc1ccc(C[C@@H](NC(C)=O)C(=O)NC2CCN(C(=O)c3ccc(Cl)cc3)CC2)c(OC)c1. The van der Waals surface area contributed by atoms with Crippen LogP contribution in [0.4, 0.5) is 0 Å². The zero-order valence-corrected chi connectivity index (χ0v) is 20.4. The summed E-state index contributed by atoms with van der Waals surface area (Å²) in [5.74, 6) is 0.605. The van der Waals surface area contributed by atoms with Crippen molar-refractivity contribution in [3.05, 3.63) is 58.6 Å². The van der Waals surface area contributed by atoms with Crippen molar-refractivity contribution in [1.29, 1.82) is 0 Å². The maximum absolute atomic E-state index is 13.1. The molecule has 9 heteroatoms. The van der Waals surface area contributed by atoms with Gasteiger partial charge in [-0.05, 0) is 48.7 Å². The lowest BCUT2D eigenvalue weighted by Crippen LogP contribution is -2.53. The predicted octanol–water partition coefficient (Wildman–Crippen LogP) is 2.83. The quantitative estimate of drug-likeness (QED) is 0.596. The maximum atomic E-state index is 13.1. The van der Waals surface area contributed by atoms with Crippen molar-refractivity contribution < 1.29 is 23.9 Å². The van der Waals surface area contributed by atoms with Gasteiger partial charge in [0, 0.05) is 49.1 Å². The number of ether oxygens (including phenoxy) is 2. The molecule has 1 saturated heterocycles. The van der Waals surface area contributed by atoms with E-state index >= 15 is 0 Å². The molecule has 182 valence electrons. The van der Waals surface area contributed by atoms with E-state index in [0.29, 0.717) is 48.0 Å². The zero-order valence-electron chi connectivity index (χ0n) is 19.6. The summed E-state index contributed by atoms with van der Waals surface area (Å²) >= 11 is 5.90. The first-order valence-corrected chi connectivity index (χ1v) is 11.5. The summed E-state index contributed by atoms with van der Waals surface area (Å²) in [4.78, 5) is 39.3. The minimum Gasteiger partial charge on any atom is -0.497 e. The van der Waals surface area contributed by atoms with Crippen LogP contribution in [0.2, 0.25) is 5.02 Å². The Kier molecular flexibility index (Phi) is 8.76. The van der Waals surface area contributed by atoms with E-state index in [1.165, 1.54) is 6.92 Å². The Hall–Kier alpha value is -3.26. The molecule has 2 aromatic carbocycles. The molecule has 34 heavy (non-hydrogen) atoms. The van der Waals surface area contributed by atoms with Crippen molar-refractivity contribution in [2.75, 3.05) is 27.3 Å². The average Bonchev–Trinajstić information content (AvgIpc) is 2.84. The molecule has 1 aliphatic rings. The summed E-state index contributed by atoms with van der Waals surface area (Å²) in [6.45, 7) is 2.44. The zero-order chi connectivity index (χ0) is 24.7. The molecule has 0 unspecified atom stereocenters. The molecule has 1 aliphatic heterocycles. The van der Waals surface area contributed by atoms with Crippen LogP contribution in [0, 0.1) is 0 Å². The lowest BCUT2D eigenvalue weighted by atomic mass is 10.0. The number of methoxy groups -OCH3 is 2. The highest BCUT2D eigenvalue weighted by Gasteiger charge is 2.28. The van der Waals surface area contributed by atoms with E-state index in [2.05, 4.69) is 10.6 Å². The summed E-state index contributed by atoms with van der Waals surface area (Å²) < 4.78 is 10.7. The Bertz CT molecular complexity index is 1020. The second-order valence-electron chi connectivity index (χ2n) is 8.22. The topological polar surface area (TPSA) is 97.0 Å². The number of carbonyl (C=O) groups is 3. The third-order valence-electron chi connectivity index (χ3n) is 5.83. The van der Waals surface area contributed by atoms with E-state index in [-0.39, 0.29) is 30.2 Å². The van der Waals surface area contributed by atoms with Crippen LogP contribution in [-0.4, -0.2) is 62.0 Å². The summed E-state index contributed by atoms with van der Waals surface area (Å²) in [5.41, 5.74) is 1.37. The van der Waals surface area contributed by atoms with E-state index in [9.17, 15) is 14.4 Å². The minimum absolute atomic E-state index is 0.0517. The highest BCUT2D eigenvalue weighted by molar-refractivity contribution is 6.30. The molecule has 1 fully saturated rings. The van der Waals surface area contributed by atoms with Crippen LogP contribution in [0.25, 0.3) is 0 Å². The van der Waals surface area contributed by atoms with Crippen LogP contribution in [0.15, 0.2) is 42.5 Å². The van der Waals surface area contributed by atoms with Gasteiger partial charge < -0.3 is 25.0 Å². The maximum Gasteiger partial charge on any atom is 0.253 e. The number of hydrogen-bond donors (Lipinski definition) is 2. The molecule has 2 N–H and O–H groups in total. The van der Waals surface area contributed by atoms with Gasteiger partial charge in [0.05, 0.1) is 14.2 Å². The number of amides is 3. The molecule has 0 radical (unpaired) electrons. The summed E-state index contributed by atoms with van der Waals surface area (Å²) in [6, 6.07) is 11.3. The van der Waals surface area contributed by atoms with Crippen molar-refractivity contribution in [3.63, 3.8) is 0 Å². The van der Waals surface area contributed by atoms with Crippen molar-refractivity contribution in [2.24, 2.45) is 0 Å². The Morgan fingerprint density at radius 3 is 2.32 bits per heavy atom. The molecule has 8 nitrogen and oxygen atoms in total. The molecule has 0 bridgehead atoms. The number of nitrogens with zero attached hydrogens (tertiary/aromatic N) is 1. The van der Waals surface area contributed by atoms with E-state index in [0.717, 1.165) is 5.56 Å². The molecule has 1 atom stereocenters. The Morgan fingerprint density at radius 2 is 1.74 bits per heavy atom. The first kappa shape index (κ1) is 25.4. The number of benzene rings is 2.